The zero-order valence-corrected chi connectivity index (χ0v) is 19.9. The number of amides is 1. The number of ether oxygens (including phenoxy) is 2. The maximum Gasteiger partial charge on any atom is 0.291 e. The second-order valence-corrected chi connectivity index (χ2v) is 7.44. The highest BCUT2D eigenvalue weighted by Crippen LogP contribution is 2.21. The van der Waals surface area contributed by atoms with Crippen LogP contribution in [0.3, 0.4) is 0 Å². The van der Waals surface area contributed by atoms with Gasteiger partial charge in [-0.1, -0.05) is 12.1 Å². The van der Waals surface area contributed by atoms with Gasteiger partial charge >= 0.3 is 0 Å². The molecule has 2 unspecified atom stereocenters. The maximum atomic E-state index is 12.2. The first-order valence-corrected chi connectivity index (χ1v) is 10.4. The molecule has 0 aliphatic carbocycles. The molecule has 2 aliphatic rings. The fraction of sp³-hybridized carbons (Fsp3) is 0.455. The predicted molar refractivity (Wildman–Crippen MR) is 129 cm³/mol. The molecule has 0 bridgehead atoms. The summed E-state index contributed by atoms with van der Waals surface area (Å²) >= 11 is 0. The molecule has 31 heavy (non-hydrogen) atoms. The summed E-state index contributed by atoms with van der Waals surface area (Å²) < 4.78 is 16.9. The largest absolute Gasteiger partial charge is 0.459 e. The summed E-state index contributed by atoms with van der Waals surface area (Å²) in [5.74, 6) is 0.854. The molecule has 9 heteroatoms. The van der Waals surface area contributed by atoms with Gasteiger partial charge in [0.25, 0.3) is 5.91 Å². The number of hydrogen-bond acceptors (Lipinski definition) is 5. The molecule has 0 saturated carbocycles. The summed E-state index contributed by atoms with van der Waals surface area (Å²) in [5, 5.41) is 6.28. The van der Waals surface area contributed by atoms with Crippen molar-refractivity contribution in [1.82, 2.24) is 10.2 Å². The van der Waals surface area contributed by atoms with Gasteiger partial charge in [-0.25, -0.2) is 0 Å². The smallest absolute Gasteiger partial charge is 0.291 e. The number of carbonyl (C=O) groups excluding carboxylic acids is 1. The van der Waals surface area contributed by atoms with Gasteiger partial charge in [0.1, 0.15) is 6.10 Å². The van der Waals surface area contributed by atoms with Gasteiger partial charge in [-0.15, -0.1) is 24.0 Å². The van der Waals surface area contributed by atoms with E-state index in [2.05, 4.69) is 20.5 Å². The van der Waals surface area contributed by atoms with Gasteiger partial charge in [0.2, 0.25) is 0 Å². The normalized spacial score (nSPS) is 21.5. The Labute approximate surface area is 199 Å². The first-order chi connectivity index (χ1) is 14.7. The van der Waals surface area contributed by atoms with E-state index in [9.17, 15) is 4.79 Å². The number of nitrogens with one attached hydrogen (secondary N) is 2. The molecule has 8 nitrogen and oxygen atoms in total. The quantitative estimate of drug-likeness (QED) is 0.345. The SMILES string of the molecule is CN=C(NCc1cccc(NC(=O)c2ccco2)c1)N1CCOC(C2CCCO2)C1.I. The molecule has 4 rings (SSSR count). The number of hydrogen-bond donors (Lipinski definition) is 2. The van der Waals surface area contributed by atoms with E-state index in [1.807, 2.05) is 24.3 Å². The molecule has 0 spiro atoms. The first-order valence-electron chi connectivity index (χ1n) is 10.4. The van der Waals surface area contributed by atoms with E-state index >= 15 is 0 Å². The lowest BCUT2D eigenvalue weighted by Crippen LogP contribution is -2.53. The summed E-state index contributed by atoms with van der Waals surface area (Å²) in [7, 11) is 1.79. The Balaban J connectivity index is 0.00000272. The molecule has 1 aromatic heterocycles. The zero-order valence-electron chi connectivity index (χ0n) is 17.6. The molecule has 2 fully saturated rings. The summed E-state index contributed by atoms with van der Waals surface area (Å²) in [4.78, 5) is 18.8. The zero-order chi connectivity index (χ0) is 20.8. The van der Waals surface area contributed by atoms with Crippen LogP contribution in [0, 0.1) is 0 Å². The van der Waals surface area contributed by atoms with Gasteiger partial charge in [0.15, 0.2) is 11.7 Å². The number of anilines is 1. The second kappa shape index (κ2) is 11.5. The molecule has 1 aromatic carbocycles. The first kappa shape index (κ1) is 23.6. The summed E-state index contributed by atoms with van der Waals surface area (Å²) in [6, 6.07) is 11.0. The van der Waals surface area contributed by atoms with E-state index in [1.54, 1.807) is 19.2 Å². The van der Waals surface area contributed by atoms with Crippen molar-refractivity contribution in [2.45, 2.75) is 31.6 Å². The Morgan fingerprint density at radius 3 is 2.81 bits per heavy atom. The van der Waals surface area contributed by atoms with Gasteiger partial charge < -0.3 is 29.4 Å². The average Bonchev–Trinajstić information content (AvgIpc) is 3.49. The highest BCUT2D eigenvalue weighted by atomic mass is 127. The molecule has 2 aliphatic heterocycles. The molecule has 0 radical (unpaired) electrons. The van der Waals surface area contributed by atoms with Gasteiger partial charge in [-0.3, -0.25) is 9.79 Å². The van der Waals surface area contributed by atoms with Gasteiger partial charge in [0, 0.05) is 39.0 Å². The third-order valence-corrected chi connectivity index (χ3v) is 5.36. The van der Waals surface area contributed by atoms with E-state index < -0.39 is 0 Å². The molecule has 2 saturated heterocycles. The van der Waals surface area contributed by atoms with E-state index in [0.29, 0.717) is 13.2 Å². The summed E-state index contributed by atoms with van der Waals surface area (Å²) in [6.45, 7) is 3.65. The minimum Gasteiger partial charge on any atom is -0.459 e. The Hall–Kier alpha value is -2.11. The van der Waals surface area contributed by atoms with Crippen molar-refractivity contribution in [2.75, 3.05) is 38.7 Å². The number of halogens is 1. The Morgan fingerprint density at radius 2 is 2.06 bits per heavy atom. The molecular weight excluding hydrogens is 511 g/mol. The molecule has 1 amide bonds. The Bertz CT molecular complexity index is 868. The minimum absolute atomic E-state index is 0. The second-order valence-electron chi connectivity index (χ2n) is 7.44. The number of guanidine groups is 1. The minimum atomic E-state index is -0.269. The molecular formula is C22H29IN4O4. The van der Waals surface area contributed by atoms with Crippen LogP contribution in [-0.4, -0.2) is 62.3 Å². The van der Waals surface area contributed by atoms with Crippen LogP contribution in [0.5, 0.6) is 0 Å². The molecule has 168 valence electrons. The third kappa shape index (κ3) is 6.20. The van der Waals surface area contributed by atoms with Crippen molar-refractivity contribution >= 4 is 41.5 Å². The Kier molecular flexibility index (Phi) is 8.73. The summed E-state index contributed by atoms with van der Waals surface area (Å²) in [5.41, 5.74) is 1.76. The fourth-order valence-corrected chi connectivity index (χ4v) is 3.86. The molecule has 2 atom stereocenters. The van der Waals surface area contributed by atoms with Gasteiger partial charge in [0.05, 0.1) is 19.0 Å². The van der Waals surface area contributed by atoms with E-state index in [-0.39, 0.29) is 47.9 Å². The number of morpholine rings is 1. The van der Waals surface area contributed by atoms with Crippen LogP contribution in [0.25, 0.3) is 0 Å². The monoisotopic (exact) mass is 540 g/mol. The lowest BCUT2D eigenvalue weighted by atomic mass is 10.1. The van der Waals surface area contributed by atoms with E-state index in [1.165, 1.54) is 6.26 Å². The highest BCUT2D eigenvalue weighted by molar-refractivity contribution is 14.0. The number of furan rings is 1. The standard InChI is InChI=1S/C22H28N4O4.HI/c1-23-22(26-9-12-30-20(15-26)18-7-3-10-28-18)24-14-16-5-2-6-17(13-16)25-21(27)19-8-4-11-29-19;/h2,4-6,8,11,13,18,20H,3,7,9-10,12,14-15H2,1H3,(H,23,24)(H,25,27);1H. The molecule has 2 aromatic rings. The molecule has 2 N–H and O–H groups in total. The predicted octanol–water partition coefficient (Wildman–Crippen LogP) is 3.11. The van der Waals surface area contributed by atoms with E-state index in [4.69, 9.17) is 13.9 Å². The van der Waals surface area contributed by atoms with Crippen LogP contribution in [-0.2, 0) is 16.0 Å². The fourth-order valence-electron chi connectivity index (χ4n) is 3.86. The van der Waals surface area contributed by atoms with Crippen LogP contribution in [0.4, 0.5) is 5.69 Å². The lowest BCUT2D eigenvalue weighted by molar-refractivity contribution is -0.0817. The van der Waals surface area contributed by atoms with Gasteiger partial charge in [-0.2, -0.15) is 0 Å². The Morgan fingerprint density at radius 1 is 1.19 bits per heavy atom. The average molecular weight is 540 g/mol. The van der Waals surface area contributed by atoms with Crippen molar-refractivity contribution in [3.05, 3.63) is 54.0 Å². The summed E-state index contributed by atoms with van der Waals surface area (Å²) in [6.07, 6.45) is 3.90. The van der Waals surface area contributed by atoms with Crippen LogP contribution in [0.1, 0.15) is 29.0 Å². The number of nitrogens with zero attached hydrogens (tertiary/aromatic N) is 2. The van der Waals surface area contributed by atoms with E-state index in [0.717, 1.165) is 49.7 Å². The van der Waals surface area contributed by atoms with Crippen LogP contribution >= 0.6 is 24.0 Å². The van der Waals surface area contributed by atoms with Crippen molar-refractivity contribution in [3.63, 3.8) is 0 Å². The van der Waals surface area contributed by atoms with Crippen LogP contribution in [0.15, 0.2) is 52.1 Å². The van der Waals surface area contributed by atoms with Crippen LogP contribution < -0.4 is 10.6 Å². The highest BCUT2D eigenvalue weighted by Gasteiger charge is 2.32. The topological polar surface area (TPSA) is 88.3 Å². The van der Waals surface area contributed by atoms with Crippen molar-refractivity contribution in [1.29, 1.82) is 0 Å². The number of benzene rings is 1. The lowest BCUT2D eigenvalue weighted by Gasteiger charge is -2.37. The van der Waals surface area contributed by atoms with Crippen molar-refractivity contribution in [2.24, 2.45) is 4.99 Å². The maximum absolute atomic E-state index is 12.2. The number of aliphatic imine (C=N–C) groups is 1. The van der Waals surface area contributed by atoms with Gasteiger partial charge in [-0.05, 0) is 42.7 Å². The number of carbonyl (C=O) groups is 1. The van der Waals surface area contributed by atoms with Crippen LogP contribution in [0.2, 0.25) is 0 Å². The van der Waals surface area contributed by atoms with Crippen molar-refractivity contribution < 1.29 is 18.7 Å². The number of rotatable bonds is 5. The van der Waals surface area contributed by atoms with Crippen molar-refractivity contribution in [3.8, 4) is 0 Å². The molecule has 3 heterocycles. The third-order valence-electron chi connectivity index (χ3n) is 5.36.